The molecule has 0 radical (unpaired) electrons. The zero-order chi connectivity index (χ0) is 12.4. The highest BCUT2D eigenvalue weighted by Gasteiger charge is 2.00. The number of aromatic nitrogens is 2. The van der Waals surface area contributed by atoms with Crippen molar-refractivity contribution in [2.45, 2.75) is 0 Å². The molecule has 4 heteroatoms. The third-order valence-electron chi connectivity index (χ3n) is 2.77. The minimum absolute atomic E-state index is 0.815. The Morgan fingerprint density at radius 2 is 1.89 bits per heavy atom. The van der Waals surface area contributed by atoms with Crippen molar-refractivity contribution in [3.8, 4) is 5.75 Å². The molecule has 2 heterocycles. The number of pyridine rings is 1. The van der Waals surface area contributed by atoms with E-state index in [0.29, 0.717) is 0 Å². The molecule has 0 aliphatic carbocycles. The molecule has 0 amide bonds. The lowest BCUT2D eigenvalue weighted by atomic mass is 10.3. The normalized spacial score (nSPS) is 10.5. The minimum Gasteiger partial charge on any atom is -0.497 e. The summed E-state index contributed by atoms with van der Waals surface area (Å²) >= 11 is 0. The topological polar surface area (TPSA) is 49.9 Å². The highest BCUT2D eigenvalue weighted by atomic mass is 16.5. The third kappa shape index (κ3) is 2.00. The quantitative estimate of drug-likeness (QED) is 0.737. The summed E-state index contributed by atoms with van der Waals surface area (Å²) in [6.45, 7) is 0. The van der Waals surface area contributed by atoms with E-state index in [9.17, 15) is 0 Å². The van der Waals surface area contributed by atoms with E-state index < -0.39 is 0 Å². The van der Waals surface area contributed by atoms with Crippen LogP contribution in [0.3, 0.4) is 0 Å². The van der Waals surface area contributed by atoms with E-state index in [1.807, 2.05) is 48.7 Å². The molecule has 0 aliphatic heterocycles. The molecule has 2 N–H and O–H groups in total. The van der Waals surface area contributed by atoms with Crippen molar-refractivity contribution < 1.29 is 4.74 Å². The Bertz CT molecular complexity index is 658. The monoisotopic (exact) mass is 239 g/mol. The first-order valence-electron chi connectivity index (χ1n) is 5.70. The molecular weight excluding hydrogens is 226 g/mol. The van der Waals surface area contributed by atoms with E-state index in [1.54, 1.807) is 7.11 Å². The Kier molecular flexibility index (Phi) is 2.61. The molecule has 0 unspecified atom stereocenters. The Morgan fingerprint density at radius 1 is 1.06 bits per heavy atom. The number of H-pyrrole nitrogens is 1. The minimum atomic E-state index is 0.815. The fraction of sp³-hybridized carbons (Fsp3) is 0.0714. The fourth-order valence-corrected chi connectivity index (χ4v) is 1.82. The lowest BCUT2D eigenvalue weighted by molar-refractivity contribution is 0.415. The molecule has 3 aromatic rings. The molecule has 2 aromatic heterocycles. The summed E-state index contributed by atoms with van der Waals surface area (Å²) in [5.74, 6) is 1.66. The fourth-order valence-electron chi connectivity index (χ4n) is 1.82. The Labute approximate surface area is 105 Å². The van der Waals surface area contributed by atoms with Gasteiger partial charge in [-0.05, 0) is 42.5 Å². The second-order valence-electron chi connectivity index (χ2n) is 3.97. The molecule has 1 aromatic carbocycles. The van der Waals surface area contributed by atoms with Crippen molar-refractivity contribution in [2.75, 3.05) is 12.4 Å². The van der Waals surface area contributed by atoms with Gasteiger partial charge < -0.3 is 15.0 Å². The van der Waals surface area contributed by atoms with Crippen LogP contribution in [0.5, 0.6) is 5.75 Å². The molecular formula is C14H13N3O. The van der Waals surface area contributed by atoms with Crippen molar-refractivity contribution >= 4 is 22.5 Å². The van der Waals surface area contributed by atoms with Crippen molar-refractivity contribution in [3.05, 3.63) is 48.7 Å². The summed E-state index contributed by atoms with van der Waals surface area (Å²) in [6.07, 6.45) is 1.88. The van der Waals surface area contributed by atoms with Gasteiger partial charge in [0.1, 0.15) is 17.2 Å². The maximum atomic E-state index is 5.12. The van der Waals surface area contributed by atoms with Crippen LogP contribution in [0.2, 0.25) is 0 Å². The summed E-state index contributed by atoms with van der Waals surface area (Å²) < 4.78 is 5.12. The zero-order valence-corrected chi connectivity index (χ0v) is 9.97. The van der Waals surface area contributed by atoms with Crippen LogP contribution < -0.4 is 10.1 Å². The number of rotatable bonds is 3. The maximum Gasteiger partial charge on any atom is 0.139 e. The molecule has 18 heavy (non-hydrogen) atoms. The van der Waals surface area contributed by atoms with Crippen molar-refractivity contribution in [1.82, 2.24) is 9.97 Å². The molecule has 0 saturated heterocycles. The van der Waals surface area contributed by atoms with Crippen LogP contribution in [-0.4, -0.2) is 17.1 Å². The largest absolute Gasteiger partial charge is 0.497 e. The molecule has 0 spiro atoms. The number of anilines is 2. The first kappa shape index (κ1) is 10.7. The number of nitrogens with one attached hydrogen (secondary N) is 2. The lowest BCUT2D eigenvalue weighted by Gasteiger charge is -2.06. The highest BCUT2D eigenvalue weighted by Crippen LogP contribution is 2.20. The Morgan fingerprint density at radius 3 is 2.67 bits per heavy atom. The van der Waals surface area contributed by atoms with Crippen LogP contribution in [0, 0.1) is 0 Å². The first-order valence-corrected chi connectivity index (χ1v) is 5.70. The van der Waals surface area contributed by atoms with Gasteiger partial charge in [-0.15, -0.1) is 0 Å². The number of ether oxygens (including phenoxy) is 1. The maximum absolute atomic E-state index is 5.12. The molecule has 4 nitrogen and oxygen atoms in total. The van der Waals surface area contributed by atoms with Crippen LogP contribution in [0.25, 0.3) is 11.0 Å². The summed E-state index contributed by atoms with van der Waals surface area (Å²) in [7, 11) is 1.66. The van der Waals surface area contributed by atoms with Gasteiger partial charge in [-0.1, -0.05) is 0 Å². The molecule has 90 valence electrons. The third-order valence-corrected chi connectivity index (χ3v) is 2.77. The van der Waals surface area contributed by atoms with Crippen molar-refractivity contribution in [3.63, 3.8) is 0 Å². The van der Waals surface area contributed by atoms with Crippen molar-refractivity contribution in [2.24, 2.45) is 0 Å². The van der Waals surface area contributed by atoms with E-state index >= 15 is 0 Å². The van der Waals surface area contributed by atoms with E-state index in [1.165, 1.54) is 0 Å². The molecule has 3 rings (SSSR count). The van der Waals surface area contributed by atoms with Gasteiger partial charge in [-0.3, -0.25) is 0 Å². The highest BCUT2D eigenvalue weighted by molar-refractivity contribution is 5.77. The first-order chi connectivity index (χ1) is 8.85. The molecule has 0 fully saturated rings. The second kappa shape index (κ2) is 4.41. The van der Waals surface area contributed by atoms with Crippen LogP contribution in [0.15, 0.2) is 48.7 Å². The predicted octanol–water partition coefficient (Wildman–Crippen LogP) is 3.32. The van der Waals surface area contributed by atoms with Crippen molar-refractivity contribution in [1.29, 1.82) is 0 Å². The van der Waals surface area contributed by atoms with Crippen LogP contribution >= 0.6 is 0 Å². The Hall–Kier alpha value is -2.49. The van der Waals surface area contributed by atoms with Crippen LogP contribution in [0.1, 0.15) is 0 Å². The van der Waals surface area contributed by atoms with Gasteiger partial charge in [0.05, 0.1) is 7.11 Å². The second-order valence-corrected chi connectivity index (χ2v) is 3.97. The smallest absolute Gasteiger partial charge is 0.139 e. The number of hydrogen-bond acceptors (Lipinski definition) is 3. The van der Waals surface area contributed by atoms with Gasteiger partial charge >= 0.3 is 0 Å². The van der Waals surface area contributed by atoms with Gasteiger partial charge in [0, 0.05) is 17.3 Å². The molecule has 0 atom stereocenters. The molecule has 0 saturated carbocycles. The van der Waals surface area contributed by atoms with E-state index in [4.69, 9.17) is 4.74 Å². The Balaban J connectivity index is 1.85. The standard InChI is InChI=1S/C14H13N3O/c1-18-12-5-3-11(4-6-12)16-13-7-2-10-8-9-15-14(10)17-13/h2-9H,1H3,(H2,15,16,17). The van der Waals surface area contributed by atoms with E-state index in [2.05, 4.69) is 15.3 Å². The number of hydrogen-bond donors (Lipinski definition) is 2. The molecule has 0 aliphatic rings. The average molecular weight is 239 g/mol. The summed E-state index contributed by atoms with van der Waals surface area (Å²) in [5.41, 5.74) is 1.86. The van der Waals surface area contributed by atoms with E-state index in [-0.39, 0.29) is 0 Å². The zero-order valence-electron chi connectivity index (χ0n) is 9.97. The average Bonchev–Trinajstić information content (AvgIpc) is 2.87. The van der Waals surface area contributed by atoms with Gasteiger partial charge in [0.15, 0.2) is 0 Å². The van der Waals surface area contributed by atoms with Gasteiger partial charge in [0.25, 0.3) is 0 Å². The molecule has 0 bridgehead atoms. The summed E-state index contributed by atoms with van der Waals surface area (Å²) in [6, 6.07) is 13.7. The number of benzene rings is 1. The number of aromatic amines is 1. The number of methoxy groups -OCH3 is 1. The lowest BCUT2D eigenvalue weighted by Crippen LogP contribution is -1.93. The summed E-state index contributed by atoms with van der Waals surface area (Å²) in [4.78, 5) is 7.57. The van der Waals surface area contributed by atoms with Gasteiger partial charge in [-0.2, -0.15) is 0 Å². The van der Waals surface area contributed by atoms with Gasteiger partial charge in [-0.25, -0.2) is 4.98 Å². The van der Waals surface area contributed by atoms with E-state index in [0.717, 1.165) is 28.3 Å². The SMILES string of the molecule is COc1ccc(Nc2ccc3cc[nH]c3n2)cc1. The number of nitrogens with zero attached hydrogens (tertiary/aromatic N) is 1. The van der Waals surface area contributed by atoms with Gasteiger partial charge in [0.2, 0.25) is 0 Å². The van der Waals surface area contributed by atoms with Crippen LogP contribution in [-0.2, 0) is 0 Å². The van der Waals surface area contributed by atoms with Crippen LogP contribution in [0.4, 0.5) is 11.5 Å². The summed E-state index contributed by atoms with van der Waals surface area (Å²) in [5, 5.41) is 4.36. The predicted molar refractivity (Wildman–Crippen MR) is 72.4 cm³/mol. The number of fused-ring (bicyclic) bond motifs is 1.